The predicted octanol–water partition coefficient (Wildman–Crippen LogP) is 4.21. The number of benzene rings is 1. The van der Waals surface area contributed by atoms with Crippen molar-refractivity contribution >= 4 is 45.0 Å². The summed E-state index contributed by atoms with van der Waals surface area (Å²) in [5.74, 6) is 1.10. The fraction of sp³-hybridized carbons (Fsp3) is 0.381. The van der Waals surface area contributed by atoms with Crippen molar-refractivity contribution in [3.63, 3.8) is 0 Å². The highest BCUT2D eigenvalue weighted by Crippen LogP contribution is 2.35. The Hall–Kier alpha value is -2.12. The summed E-state index contributed by atoms with van der Waals surface area (Å²) >= 11 is 3.06. The monoisotopic (exact) mass is 410 g/mol. The number of rotatable bonds is 3. The smallest absolute Gasteiger partial charge is 0.264 e. The molecule has 0 bridgehead atoms. The van der Waals surface area contributed by atoms with E-state index in [2.05, 4.69) is 28.1 Å². The molecule has 1 aromatic carbocycles. The first-order valence-corrected chi connectivity index (χ1v) is 11.7. The van der Waals surface area contributed by atoms with E-state index in [1.54, 1.807) is 11.8 Å². The van der Waals surface area contributed by atoms with Crippen LogP contribution in [0.2, 0.25) is 0 Å². The van der Waals surface area contributed by atoms with Crippen LogP contribution < -0.4 is 4.90 Å². The van der Waals surface area contributed by atoms with Gasteiger partial charge in [-0.05, 0) is 42.7 Å². The zero-order valence-electron chi connectivity index (χ0n) is 15.9. The maximum Gasteiger partial charge on any atom is 0.264 e. The van der Waals surface area contributed by atoms with Gasteiger partial charge in [0, 0.05) is 26.2 Å². The van der Waals surface area contributed by atoms with Crippen LogP contribution in [0.1, 0.15) is 33.6 Å². The van der Waals surface area contributed by atoms with Gasteiger partial charge in [0.25, 0.3) is 5.91 Å². The highest BCUT2D eigenvalue weighted by atomic mass is 32.2. The quantitative estimate of drug-likeness (QED) is 0.478. The molecule has 28 heavy (non-hydrogen) atoms. The lowest BCUT2D eigenvalue weighted by atomic mass is 10.00. The SMILES string of the molecule is CSc1nc(N2CCCC2)c2cc(C(=O)N3CCc4ccccc4C3)sc2n1. The number of carbonyl (C=O) groups excluding carboxylic acids is 1. The van der Waals surface area contributed by atoms with Gasteiger partial charge in [0.1, 0.15) is 10.6 Å². The summed E-state index contributed by atoms with van der Waals surface area (Å²) in [5, 5.41) is 1.80. The van der Waals surface area contributed by atoms with Crippen LogP contribution in [0.4, 0.5) is 5.82 Å². The number of hydrogen-bond acceptors (Lipinski definition) is 6. The molecule has 7 heteroatoms. The molecule has 0 atom stereocenters. The molecule has 5 nitrogen and oxygen atoms in total. The van der Waals surface area contributed by atoms with Gasteiger partial charge in [0.05, 0.1) is 10.3 Å². The van der Waals surface area contributed by atoms with Crippen molar-refractivity contribution < 1.29 is 4.79 Å². The number of aromatic nitrogens is 2. The topological polar surface area (TPSA) is 49.3 Å². The van der Waals surface area contributed by atoms with E-state index < -0.39 is 0 Å². The van der Waals surface area contributed by atoms with Gasteiger partial charge in [0.2, 0.25) is 0 Å². The highest BCUT2D eigenvalue weighted by Gasteiger charge is 2.25. The molecule has 0 spiro atoms. The van der Waals surface area contributed by atoms with Gasteiger partial charge in [-0.2, -0.15) is 0 Å². The standard InChI is InChI=1S/C21H22N4OS2/c1-27-21-22-18(24-9-4-5-10-24)16-12-17(28-19(16)23-21)20(26)25-11-8-14-6-2-3-7-15(14)13-25/h2-3,6-7,12H,4-5,8-11,13H2,1H3. The Balaban J connectivity index is 1.49. The molecule has 0 unspecified atom stereocenters. The van der Waals surface area contributed by atoms with Crippen LogP contribution in [0.5, 0.6) is 0 Å². The second-order valence-corrected chi connectivity index (χ2v) is 9.11. The molecule has 2 aromatic heterocycles. The normalized spacial score (nSPS) is 16.6. The fourth-order valence-electron chi connectivity index (χ4n) is 4.08. The fourth-order valence-corrected chi connectivity index (χ4v) is 5.49. The first-order chi connectivity index (χ1) is 13.7. The van der Waals surface area contributed by atoms with E-state index in [1.165, 1.54) is 35.3 Å². The minimum absolute atomic E-state index is 0.107. The Morgan fingerprint density at radius 3 is 2.68 bits per heavy atom. The molecule has 4 heterocycles. The molecule has 2 aliphatic heterocycles. The van der Waals surface area contributed by atoms with Crippen molar-refractivity contribution in [1.29, 1.82) is 0 Å². The summed E-state index contributed by atoms with van der Waals surface area (Å²) in [4.78, 5) is 28.7. The lowest BCUT2D eigenvalue weighted by Crippen LogP contribution is -2.35. The summed E-state index contributed by atoms with van der Waals surface area (Å²) in [6, 6.07) is 10.4. The molecule has 5 rings (SSSR count). The van der Waals surface area contributed by atoms with Gasteiger partial charge < -0.3 is 9.80 Å². The van der Waals surface area contributed by atoms with Crippen LogP contribution >= 0.6 is 23.1 Å². The van der Waals surface area contributed by atoms with Gasteiger partial charge in [-0.15, -0.1) is 11.3 Å². The molecule has 1 saturated heterocycles. The zero-order chi connectivity index (χ0) is 19.1. The molecule has 1 fully saturated rings. The van der Waals surface area contributed by atoms with Crippen LogP contribution in [0.15, 0.2) is 35.5 Å². The van der Waals surface area contributed by atoms with E-state index >= 15 is 0 Å². The first kappa shape index (κ1) is 17.9. The number of anilines is 1. The molecule has 0 saturated carbocycles. The minimum Gasteiger partial charge on any atom is -0.356 e. The Morgan fingerprint density at radius 2 is 1.89 bits per heavy atom. The minimum atomic E-state index is 0.107. The van der Waals surface area contributed by atoms with E-state index in [-0.39, 0.29) is 5.91 Å². The van der Waals surface area contributed by atoms with Gasteiger partial charge in [-0.25, -0.2) is 9.97 Å². The van der Waals surface area contributed by atoms with Gasteiger partial charge >= 0.3 is 0 Å². The summed E-state index contributed by atoms with van der Waals surface area (Å²) in [6.45, 7) is 3.51. The third-order valence-electron chi connectivity index (χ3n) is 5.57. The molecule has 0 radical (unpaired) electrons. The highest BCUT2D eigenvalue weighted by molar-refractivity contribution is 7.98. The number of hydrogen-bond donors (Lipinski definition) is 0. The molecule has 2 aliphatic rings. The maximum atomic E-state index is 13.2. The van der Waals surface area contributed by atoms with E-state index in [4.69, 9.17) is 4.98 Å². The lowest BCUT2D eigenvalue weighted by molar-refractivity contribution is 0.0739. The Bertz CT molecular complexity index is 1040. The van der Waals surface area contributed by atoms with E-state index in [0.29, 0.717) is 6.54 Å². The number of nitrogens with zero attached hydrogens (tertiary/aromatic N) is 4. The Morgan fingerprint density at radius 1 is 1.11 bits per heavy atom. The van der Waals surface area contributed by atoms with Crippen molar-refractivity contribution in [1.82, 2.24) is 14.9 Å². The van der Waals surface area contributed by atoms with Gasteiger partial charge in [-0.3, -0.25) is 4.79 Å². The largest absolute Gasteiger partial charge is 0.356 e. The second kappa shape index (κ2) is 7.37. The summed E-state index contributed by atoms with van der Waals surface area (Å²) in [6.07, 6.45) is 5.31. The van der Waals surface area contributed by atoms with Crippen LogP contribution in [-0.2, 0) is 13.0 Å². The third-order valence-corrected chi connectivity index (χ3v) is 7.13. The molecule has 3 aromatic rings. The molecule has 0 aliphatic carbocycles. The lowest BCUT2D eigenvalue weighted by Gasteiger charge is -2.28. The molecule has 1 amide bonds. The van der Waals surface area contributed by atoms with Crippen molar-refractivity contribution in [2.45, 2.75) is 31.0 Å². The van der Waals surface area contributed by atoms with Crippen LogP contribution in [0.3, 0.4) is 0 Å². The molecular weight excluding hydrogens is 388 g/mol. The van der Waals surface area contributed by atoms with Crippen LogP contribution in [0.25, 0.3) is 10.2 Å². The molecular formula is C21H22N4OS2. The van der Waals surface area contributed by atoms with Crippen molar-refractivity contribution in [3.05, 3.63) is 46.3 Å². The Labute approximate surface area is 172 Å². The van der Waals surface area contributed by atoms with E-state index in [0.717, 1.165) is 52.1 Å². The predicted molar refractivity (Wildman–Crippen MR) is 116 cm³/mol. The number of fused-ring (bicyclic) bond motifs is 2. The third kappa shape index (κ3) is 3.16. The maximum absolute atomic E-state index is 13.2. The van der Waals surface area contributed by atoms with Crippen molar-refractivity contribution in [2.24, 2.45) is 0 Å². The zero-order valence-corrected chi connectivity index (χ0v) is 17.5. The Kier molecular flexibility index (Phi) is 4.72. The summed E-state index contributed by atoms with van der Waals surface area (Å²) in [7, 11) is 0. The number of thiophene rings is 1. The summed E-state index contributed by atoms with van der Waals surface area (Å²) < 4.78 is 0. The molecule has 0 N–H and O–H groups in total. The van der Waals surface area contributed by atoms with Crippen LogP contribution in [0, 0.1) is 0 Å². The average Bonchev–Trinajstić information content (AvgIpc) is 3.42. The van der Waals surface area contributed by atoms with E-state index in [9.17, 15) is 4.79 Å². The average molecular weight is 411 g/mol. The van der Waals surface area contributed by atoms with Gasteiger partial charge in [0.15, 0.2) is 5.16 Å². The number of thioether (sulfide) groups is 1. The van der Waals surface area contributed by atoms with Gasteiger partial charge in [-0.1, -0.05) is 36.0 Å². The second-order valence-electron chi connectivity index (χ2n) is 7.30. The number of carbonyl (C=O) groups is 1. The summed E-state index contributed by atoms with van der Waals surface area (Å²) in [5.41, 5.74) is 2.61. The van der Waals surface area contributed by atoms with Crippen molar-refractivity contribution in [3.8, 4) is 0 Å². The van der Waals surface area contributed by atoms with E-state index in [1.807, 2.05) is 23.3 Å². The van der Waals surface area contributed by atoms with Crippen molar-refractivity contribution in [2.75, 3.05) is 30.8 Å². The van der Waals surface area contributed by atoms with Crippen LogP contribution in [-0.4, -0.2) is 46.7 Å². The molecule has 144 valence electrons. The first-order valence-electron chi connectivity index (χ1n) is 9.69. The number of amides is 1.